The van der Waals surface area contributed by atoms with Gasteiger partial charge in [0, 0.05) is 46.2 Å². The second-order valence-corrected chi connectivity index (χ2v) is 11.8. The Morgan fingerprint density at radius 1 is 1.24 bits per heavy atom. The van der Waals surface area contributed by atoms with Gasteiger partial charge in [-0.25, -0.2) is 14.2 Å². The van der Waals surface area contributed by atoms with Gasteiger partial charge in [0.1, 0.15) is 17.5 Å². The van der Waals surface area contributed by atoms with Crippen LogP contribution in [0.4, 0.5) is 15.0 Å². The number of likely N-dealkylation sites (tertiary alicyclic amines) is 1. The summed E-state index contributed by atoms with van der Waals surface area (Å²) in [4.78, 5) is 19.0. The van der Waals surface area contributed by atoms with Crippen molar-refractivity contribution in [1.82, 2.24) is 19.7 Å². The number of halogens is 3. The summed E-state index contributed by atoms with van der Waals surface area (Å²) >= 11 is 12.4. The number of ether oxygens (including phenoxy) is 2. The minimum absolute atomic E-state index is 0.0357. The molecule has 38 heavy (non-hydrogen) atoms. The molecule has 1 aliphatic carbocycles. The van der Waals surface area contributed by atoms with Crippen molar-refractivity contribution in [3.8, 4) is 16.9 Å². The summed E-state index contributed by atoms with van der Waals surface area (Å²) in [6.07, 6.45) is 7.13. The van der Waals surface area contributed by atoms with Gasteiger partial charge in [-0.15, -0.1) is 0 Å². The Kier molecular flexibility index (Phi) is 6.72. The van der Waals surface area contributed by atoms with Crippen LogP contribution in [0.1, 0.15) is 64.7 Å². The number of nitrogen functional groups attached to an aromatic ring is 1. The molecule has 2 atom stereocenters. The summed E-state index contributed by atoms with van der Waals surface area (Å²) in [7, 11) is 0. The van der Waals surface area contributed by atoms with Crippen molar-refractivity contribution in [2.24, 2.45) is 0 Å². The average Bonchev–Trinajstić information content (AvgIpc) is 3.25. The third-order valence-electron chi connectivity index (χ3n) is 7.00. The lowest BCUT2D eigenvalue weighted by molar-refractivity contribution is 0.0199. The van der Waals surface area contributed by atoms with Crippen LogP contribution in [0.15, 0.2) is 36.8 Å². The maximum absolute atomic E-state index is 14.0. The Morgan fingerprint density at radius 3 is 2.66 bits per heavy atom. The lowest BCUT2D eigenvalue weighted by Crippen LogP contribution is -2.41. The van der Waals surface area contributed by atoms with Crippen molar-refractivity contribution in [1.29, 1.82) is 0 Å². The van der Waals surface area contributed by atoms with E-state index in [1.165, 1.54) is 12.1 Å². The minimum atomic E-state index is -0.681. The first-order valence-corrected chi connectivity index (χ1v) is 13.2. The predicted molar refractivity (Wildman–Crippen MR) is 144 cm³/mol. The molecule has 8 nitrogen and oxygen atoms in total. The summed E-state index contributed by atoms with van der Waals surface area (Å²) in [5.41, 5.74) is 7.28. The highest BCUT2D eigenvalue weighted by Gasteiger charge is 2.57. The third-order valence-corrected chi connectivity index (χ3v) is 7.72. The van der Waals surface area contributed by atoms with E-state index in [1.807, 2.05) is 36.5 Å². The fraction of sp³-hybridized carbons (Fsp3) is 0.444. The van der Waals surface area contributed by atoms with Gasteiger partial charge in [-0.05, 0) is 65.2 Å². The van der Waals surface area contributed by atoms with Crippen LogP contribution in [0.25, 0.3) is 11.1 Å². The van der Waals surface area contributed by atoms with Crippen molar-refractivity contribution in [2.75, 3.05) is 12.3 Å². The van der Waals surface area contributed by atoms with Crippen LogP contribution >= 0.6 is 23.2 Å². The van der Waals surface area contributed by atoms with Gasteiger partial charge < -0.3 is 20.1 Å². The van der Waals surface area contributed by atoms with Crippen molar-refractivity contribution < 1.29 is 18.7 Å². The van der Waals surface area contributed by atoms with E-state index in [4.69, 9.17) is 38.4 Å². The molecule has 2 fully saturated rings. The average molecular weight is 562 g/mol. The van der Waals surface area contributed by atoms with Gasteiger partial charge in [-0.3, -0.25) is 4.68 Å². The molecule has 1 saturated carbocycles. The number of aromatic nitrogens is 3. The number of nitrogens with zero attached hydrogens (tertiary/aromatic N) is 4. The second-order valence-electron chi connectivity index (χ2n) is 11.0. The van der Waals surface area contributed by atoms with Crippen LogP contribution in [-0.2, 0) is 4.74 Å². The van der Waals surface area contributed by atoms with Gasteiger partial charge in [0.05, 0.1) is 17.3 Å². The maximum Gasteiger partial charge on any atom is 0.410 e. The fourth-order valence-electron chi connectivity index (χ4n) is 4.96. The molecule has 0 unspecified atom stereocenters. The Bertz CT molecular complexity index is 1390. The molecule has 2 aromatic heterocycles. The van der Waals surface area contributed by atoms with Gasteiger partial charge in [0.25, 0.3) is 0 Å². The standard InChI is InChI=1S/C27H30Cl2FN5O3/c1-15(22-19(28)5-6-20(30)23(22)29)37-21-9-16(11-32-24(21)31)17-12-33-35(13-17)18-10-27(7-8-27)34(14-18)25(36)38-26(2,3)4/h5-6,9,11-13,15,18H,7-8,10,14H2,1-4H3,(H2,31,32)/t15-,18-/m1/s1. The molecule has 11 heteroatoms. The Labute approximate surface area is 230 Å². The van der Waals surface area contributed by atoms with Gasteiger partial charge in [0.15, 0.2) is 11.6 Å². The third kappa shape index (κ3) is 5.14. The predicted octanol–water partition coefficient (Wildman–Crippen LogP) is 6.83. The van der Waals surface area contributed by atoms with Crippen LogP contribution in [0.3, 0.4) is 0 Å². The molecule has 202 valence electrons. The summed E-state index contributed by atoms with van der Waals surface area (Å²) in [6, 6.07) is 4.43. The molecule has 3 aromatic rings. The van der Waals surface area contributed by atoms with Gasteiger partial charge >= 0.3 is 6.09 Å². The van der Waals surface area contributed by atoms with Gasteiger partial charge in [-0.2, -0.15) is 5.10 Å². The quantitative estimate of drug-likeness (QED) is 0.343. The number of pyridine rings is 1. The number of amides is 1. The molecule has 3 heterocycles. The van der Waals surface area contributed by atoms with E-state index in [0.717, 1.165) is 30.4 Å². The number of rotatable bonds is 5. The van der Waals surface area contributed by atoms with Crippen LogP contribution in [-0.4, -0.2) is 43.4 Å². The van der Waals surface area contributed by atoms with E-state index in [0.29, 0.717) is 22.9 Å². The van der Waals surface area contributed by atoms with Crippen molar-refractivity contribution >= 4 is 35.1 Å². The van der Waals surface area contributed by atoms with Crippen molar-refractivity contribution in [3.63, 3.8) is 0 Å². The molecule has 1 saturated heterocycles. The molecule has 1 aliphatic heterocycles. The summed E-state index contributed by atoms with van der Waals surface area (Å²) in [6.45, 7) is 7.87. The van der Waals surface area contributed by atoms with E-state index >= 15 is 0 Å². The Morgan fingerprint density at radius 2 is 1.97 bits per heavy atom. The number of benzene rings is 1. The molecule has 1 aromatic carbocycles. The minimum Gasteiger partial charge on any atom is -0.482 e. The lowest BCUT2D eigenvalue weighted by Gasteiger charge is -2.28. The number of nitrogens with two attached hydrogens (primary N) is 1. The number of anilines is 1. The first-order chi connectivity index (χ1) is 17.9. The Balaban J connectivity index is 1.34. The number of carbonyl (C=O) groups is 1. The lowest BCUT2D eigenvalue weighted by atomic mass is 10.1. The molecule has 0 radical (unpaired) electrons. The highest BCUT2D eigenvalue weighted by molar-refractivity contribution is 6.36. The Hall–Kier alpha value is -3.04. The summed E-state index contributed by atoms with van der Waals surface area (Å²) in [5, 5.41) is 4.78. The highest BCUT2D eigenvalue weighted by atomic mass is 35.5. The smallest absolute Gasteiger partial charge is 0.410 e. The molecule has 2 aliphatic rings. The number of hydrogen-bond acceptors (Lipinski definition) is 6. The zero-order valence-corrected chi connectivity index (χ0v) is 23.2. The molecule has 0 bridgehead atoms. The first kappa shape index (κ1) is 26.6. The summed E-state index contributed by atoms with van der Waals surface area (Å²) in [5.74, 6) is -0.0944. The maximum atomic E-state index is 14.0. The van der Waals surface area contributed by atoms with E-state index in [2.05, 4.69) is 10.1 Å². The first-order valence-electron chi connectivity index (χ1n) is 12.5. The second kappa shape index (κ2) is 9.61. The number of carbonyl (C=O) groups excluding carboxylic acids is 1. The molecule has 1 spiro atoms. The number of hydrogen-bond donors (Lipinski definition) is 1. The molecule has 5 rings (SSSR count). The topological polar surface area (TPSA) is 95.5 Å². The van der Waals surface area contributed by atoms with Crippen LogP contribution in [0.5, 0.6) is 5.75 Å². The SMILES string of the molecule is C[C@@H](Oc1cc(-c2cnn([C@H]3CN(C(=O)OC(C)(C)C)C4(CC4)C3)c2)cnc1N)c1c(Cl)ccc(F)c1Cl. The van der Waals surface area contributed by atoms with Crippen molar-refractivity contribution in [3.05, 3.63) is 58.2 Å². The monoisotopic (exact) mass is 561 g/mol. The molecular weight excluding hydrogens is 532 g/mol. The summed E-state index contributed by atoms with van der Waals surface area (Å²) < 4.78 is 27.6. The van der Waals surface area contributed by atoms with Gasteiger partial charge in [0.2, 0.25) is 0 Å². The molecule has 1 amide bonds. The molecular formula is C27H30Cl2FN5O3. The zero-order chi connectivity index (χ0) is 27.4. The fourth-order valence-corrected chi connectivity index (χ4v) is 5.64. The highest BCUT2D eigenvalue weighted by Crippen LogP contribution is 2.53. The van der Waals surface area contributed by atoms with Crippen LogP contribution < -0.4 is 10.5 Å². The van der Waals surface area contributed by atoms with E-state index in [1.54, 1.807) is 25.4 Å². The molecule has 2 N–H and O–H groups in total. The van der Waals surface area contributed by atoms with Gasteiger partial charge in [-0.1, -0.05) is 23.2 Å². The van der Waals surface area contributed by atoms with E-state index < -0.39 is 17.5 Å². The normalized spacial score (nSPS) is 19.0. The van der Waals surface area contributed by atoms with Crippen molar-refractivity contribution in [2.45, 2.75) is 70.2 Å². The largest absolute Gasteiger partial charge is 0.482 e. The van der Waals surface area contributed by atoms with E-state index in [9.17, 15) is 9.18 Å². The van der Waals surface area contributed by atoms with Crippen LogP contribution in [0.2, 0.25) is 10.0 Å². The zero-order valence-electron chi connectivity index (χ0n) is 21.7. The van der Waals surface area contributed by atoms with Crippen LogP contribution in [0, 0.1) is 5.82 Å². The van der Waals surface area contributed by atoms with E-state index in [-0.39, 0.29) is 28.5 Å².